The molecule has 1 heterocycles. The summed E-state index contributed by atoms with van der Waals surface area (Å²) in [4.78, 5) is 23.4. The normalized spacial score (nSPS) is 21.6. The minimum absolute atomic E-state index is 0.0191. The van der Waals surface area contributed by atoms with Crippen LogP contribution in [0.4, 0.5) is 10.5 Å². The molecule has 0 bridgehead atoms. The molecule has 1 fully saturated rings. The second kappa shape index (κ2) is 14.2. The van der Waals surface area contributed by atoms with E-state index in [0.717, 1.165) is 16.7 Å². The van der Waals surface area contributed by atoms with E-state index in [0.29, 0.717) is 17.2 Å². The number of esters is 1. The lowest BCUT2D eigenvalue weighted by Crippen LogP contribution is -2.38. The van der Waals surface area contributed by atoms with E-state index in [9.17, 15) is 19.8 Å². The molecule has 4 atom stereocenters. The Morgan fingerprint density at radius 2 is 1.72 bits per heavy atom. The third-order valence-electron chi connectivity index (χ3n) is 5.78. The number of aliphatic hydroxyl groups is 2. The van der Waals surface area contributed by atoms with E-state index in [2.05, 4.69) is 17.6 Å². The van der Waals surface area contributed by atoms with Crippen LogP contribution in [-0.4, -0.2) is 59.6 Å². The first-order valence-corrected chi connectivity index (χ1v) is 13.1. The number of carbonyl (C=O) groups excluding carboxylic acids is 2. The maximum Gasteiger partial charge on any atom is 0.325 e. The number of ether oxygens (including phenoxy) is 3. The van der Waals surface area contributed by atoms with E-state index in [1.807, 2.05) is 36.4 Å². The SMILES string of the molecule is CCOC(=O)CNC(=O)Nc1ccc([C@H]2O[C@@H](CSCCO)[C@@H](C)[C@@H](c3ccc(CO)cc3)O2)cc1. The molecule has 1 aliphatic heterocycles. The van der Waals surface area contributed by atoms with Crippen LogP contribution in [0, 0.1) is 5.92 Å². The van der Waals surface area contributed by atoms with Crippen LogP contribution in [-0.2, 0) is 25.6 Å². The fourth-order valence-electron chi connectivity index (χ4n) is 3.84. The lowest BCUT2D eigenvalue weighted by molar-refractivity contribution is -0.268. The Kier molecular flexibility index (Phi) is 11.0. The summed E-state index contributed by atoms with van der Waals surface area (Å²) in [7, 11) is 0. The average molecular weight is 519 g/mol. The molecular formula is C26H34N2O7S. The summed E-state index contributed by atoms with van der Waals surface area (Å²) in [6, 6.07) is 14.3. The number of thioether (sulfide) groups is 1. The lowest BCUT2D eigenvalue weighted by Gasteiger charge is -2.41. The minimum Gasteiger partial charge on any atom is -0.465 e. The maximum absolute atomic E-state index is 12.0. The van der Waals surface area contributed by atoms with Crippen molar-refractivity contribution in [1.82, 2.24) is 5.32 Å². The van der Waals surface area contributed by atoms with Gasteiger partial charge in [-0.3, -0.25) is 4.79 Å². The fourth-order valence-corrected chi connectivity index (χ4v) is 4.75. The highest BCUT2D eigenvalue weighted by atomic mass is 32.2. The molecule has 36 heavy (non-hydrogen) atoms. The molecule has 2 aromatic rings. The summed E-state index contributed by atoms with van der Waals surface area (Å²) in [6.45, 7) is 3.92. The second-order valence-corrected chi connectivity index (χ2v) is 9.51. The Hall–Kier alpha value is -2.63. The van der Waals surface area contributed by atoms with E-state index in [4.69, 9.17) is 14.2 Å². The van der Waals surface area contributed by atoms with Crippen LogP contribution in [0.25, 0.3) is 0 Å². The number of rotatable bonds is 11. The first-order chi connectivity index (χ1) is 17.4. The summed E-state index contributed by atoms with van der Waals surface area (Å²) < 4.78 is 17.5. The van der Waals surface area contributed by atoms with Gasteiger partial charge in [-0.1, -0.05) is 43.3 Å². The van der Waals surface area contributed by atoms with Crippen LogP contribution in [0.15, 0.2) is 48.5 Å². The highest BCUT2D eigenvalue weighted by Crippen LogP contribution is 2.42. The van der Waals surface area contributed by atoms with Crippen LogP contribution < -0.4 is 10.6 Å². The first kappa shape index (κ1) is 27.9. The molecule has 196 valence electrons. The van der Waals surface area contributed by atoms with Gasteiger partial charge in [0.2, 0.25) is 0 Å². The summed E-state index contributed by atoms with van der Waals surface area (Å²) in [6.07, 6.45) is -0.938. The van der Waals surface area contributed by atoms with Crippen LogP contribution in [0.2, 0.25) is 0 Å². The van der Waals surface area contributed by atoms with Crippen molar-refractivity contribution < 1.29 is 34.0 Å². The molecule has 0 radical (unpaired) electrons. The summed E-state index contributed by atoms with van der Waals surface area (Å²) in [5.74, 6) is 0.909. The van der Waals surface area contributed by atoms with Crippen molar-refractivity contribution in [3.8, 4) is 0 Å². The van der Waals surface area contributed by atoms with Gasteiger partial charge in [0.1, 0.15) is 6.54 Å². The standard InChI is InChI=1S/C26H34N2O7S/c1-3-33-23(31)14-27-26(32)28-21-10-8-20(9-11-21)25-34-22(16-36-13-12-29)17(2)24(35-25)19-6-4-18(15-30)5-7-19/h4-11,17,22,24-25,29-30H,3,12-16H2,1-2H3,(H2,27,28,32)/t17-,22+,24+,25+/m1/s1. The molecule has 0 aliphatic carbocycles. The predicted octanol–water partition coefficient (Wildman–Crippen LogP) is 3.38. The monoisotopic (exact) mass is 518 g/mol. The van der Waals surface area contributed by atoms with Crippen LogP contribution >= 0.6 is 11.8 Å². The first-order valence-electron chi connectivity index (χ1n) is 11.9. The minimum atomic E-state index is -0.616. The molecule has 1 saturated heterocycles. The number of aliphatic hydroxyl groups excluding tert-OH is 2. The van der Waals surface area contributed by atoms with Gasteiger partial charge < -0.3 is 35.1 Å². The second-order valence-electron chi connectivity index (χ2n) is 8.36. The zero-order valence-electron chi connectivity index (χ0n) is 20.5. The molecule has 2 aromatic carbocycles. The largest absolute Gasteiger partial charge is 0.465 e. The third-order valence-corrected chi connectivity index (χ3v) is 6.82. The number of hydrogen-bond acceptors (Lipinski definition) is 8. The Bertz CT molecular complexity index is 971. The summed E-state index contributed by atoms with van der Waals surface area (Å²) in [5, 5.41) is 23.7. The van der Waals surface area contributed by atoms with Crippen molar-refractivity contribution in [3.63, 3.8) is 0 Å². The number of benzene rings is 2. The Morgan fingerprint density at radius 1 is 1.03 bits per heavy atom. The third kappa shape index (κ3) is 7.94. The Balaban J connectivity index is 1.69. The van der Waals surface area contributed by atoms with Gasteiger partial charge in [0.05, 0.1) is 32.0 Å². The number of anilines is 1. The van der Waals surface area contributed by atoms with Crippen molar-refractivity contribution in [2.24, 2.45) is 5.92 Å². The zero-order chi connectivity index (χ0) is 25.9. The zero-order valence-corrected chi connectivity index (χ0v) is 21.3. The summed E-state index contributed by atoms with van der Waals surface area (Å²) in [5.41, 5.74) is 3.19. The molecule has 2 amide bonds. The molecule has 1 aliphatic rings. The van der Waals surface area contributed by atoms with Gasteiger partial charge in [-0.25, -0.2) is 4.79 Å². The van der Waals surface area contributed by atoms with Crippen LogP contribution in [0.3, 0.4) is 0 Å². The average Bonchev–Trinajstić information content (AvgIpc) is 2.89. The maximum atomic E-state index is 12.0. The van der Waals surface area contributed by atoms with E-state index in [1.54, 1.807) is 30.8 Å². The Morgan fingerprint density at radius 3 is 2.36 bits per heavy atom. The fraction of sp³-hybridized carbons (Fsp3) is 0.462. The molecule has 0 aromatic heterocycles. The number of carbonyl (C=O) groups is 2. The molecule has 10 heteroatoms. The molecule has 0 spiro atoms. The van der Waals surface area contributed by atoms with Crippen molar-refractivity contribution in [2.45, 2.75) is 39.0 Å². The van der Waals surface area contributed by atoms with Gasteiger partial charge in [-0.2, -0.15) is 11.8 Å². The quantitative estimate of drug-likeness (QED) is 0.263. The van der Waals surface area contributed by atoms with Crippen LogP contribution in [0.5, 0.6) is 0 Å². The van der Waals surface area contributed by atoms with Gasteiger partial charge in [0, 0.05) is 28.7 Å². The number of hydrogen-bond donors (Lipinski definition) is 4. The number of nitrogens with one attached hydrogen (secondary N) is 2. The van der Waals surface area contributed by atoms with Gasteiger partial charge >= 0.3 is 12.0 Å². The van der Waals surface area contributed by atoms with Gasteiger partial charge in [0.15, 0.2) is 6.29 Å². The molecule has 0 saturated carbocycles. The molecule has 9 nitrogen and oxygen atoms in total. The van der Waals surface area contributed by atoms with E-state index in [1.165, 1.54) is 0 Å². The van der Waals surface area contributed by atoms with Gasteiger partial charge in [-0.05, 0) is 30.2 Å². The van der Waals surface area contributed by atoms with Crippen LogP contribution in [0.1, 0.15) is 42.9 Å². The van der Waals surface area contributed by atoms with Gasteiger partial charge in [-0.15, -0.1) is 0 Å². The lowest BCUT2D eigenvalue weighted by atomic mass is 9.91. The highest BCUT2D eigenvalue weighted by molar-refractivity contribution is 7.99. The van der Waals surface area contributed by atoms with Crippen molar-refractivity contribution in [3.05, 3.63) is 65.2 Å². The predicted molar refractivity (Wildman–Crippen MR) is 137 cm³/mol. The molecule has 0 unspecified atom stereocenters. The number of urea groups is 1. The van der Waals surface area contributed by atoms with Gasteiger partial charge in [0.25, 0.3) is 0 Å². The van der Waals surface area contributed by atoms with E-state index < -0.39 is 18.3 Å². The van der Waals surface area contributed by atoms with E-state index in [-0.39, 0.29) is 44.5 Å². The van der Waals surface area contributed by atoms with E-state index >= 15 is 0 Å². The molecular weight excluding hydrogens is 484 g/mol. The molecule has 4 N–H and O–H groups in total. The van der Waals surface area contributed by atoms with Crippen molar-refractivity contribution in [2.75, 3.05) is 36.6 Å². The molecule has 3 rings (SSSR count). The van der Waals surface area contributed by atoms with Crippen molar-refractivity contribution in [1.29, 1.82) is 0 Å². The highest BCUT2D eigenvalue weighted by Gasteiger charge is 2.38. The Labute approximate surface area is 215 Å². The summed E-state index contributed by atoms with van der Waals surface area (Å²) >= 11 is 1.63. The topological polar surface area (TPSA) is 126 Å². The van der Waals surface area contributed by atoms with Crippen molar-refractivity contribution >= 4 is 29.4 Å². The number of amides is 2. The smallest absolute Gasteiger partial charge is 0.325 e.